The van der Waals surface area contributed by atoms with Gasteiger partial charge in [0.1, 0.15) is 0 Å². The van der Waals surface area contributed by atoms with Crippen LogP contribution in [0.3, 0.4) is 0 Å². The van der Waals surface area contributed by atoms with Crippen LogP contribution in [0, 0.1) is 0 Å². The van der Waals surface area contributed by atoms with Crippen LogP contribution >= 0.6 is 0 Å². The van der Waals surface area contributed by atoms with Crippen molar-refractivity contribution in [3.05, 3.63) is 11.0 Å². The van der Waals surface area contributed by atoms with Crippen LogP contribution in [0.25, 0.3) is 0 Å². The van der Waals surface area contributed by atoms with Crippen molar-refractivity contribution in [2.75, 3.05) is 0 Å². The van der Waals surface area contributed by atoms with Crippen LogP contribution in [0.1, 0.15) is 53.9 Å². The molecule has 2 fully saturated rings. The van der Waals surface area contributed by atoms with Gasteiger partial charge in [-0.15, -0.1) is 0 Å². The molecule has 0 amide bonds. The molecule has 1 saturated heterocycles. The molecule has 3 heteroatoms. The van der Waals surface area contributed by atoms with Gasteiger partial charge in [-0.1, -0.05) is 5.57 Å². The molecule has 0 aromatic rings. The van der Waals surface area contributed by atoms with Gasteiger partial charge < -0.3 is 9.31 Å². The number of hydrogen-bond acceptors (Lipinski definition) is 2. The highest BCUT2D eigenvalue weighted by Gasteiger charge is 2.52. The molecule has 15 heavy (non-hydrogen) atoms. The van der Waals surface area contributed by atoms with Crippen molar-refractivity contribution in [3.63, 3.8) is 0 Å². The summed E-state index contributed by atoms with van der Waals surface area (Å²) in [4.78, 5) is 0. The van der Waals surface area contributed by atoms with Crippen molar-refractivity contribution < 1.29 is 9.31 Å². The van der Waals surface area contributed by atoms with Gasteiger partial charge in [0, 0.05) is 0 Å². The standard InChI is InChI=1S/C12H21BO2/c1-9(10-7-6-8-10)13-14-11(2,3)12(4,5)15-13/h6-8H2,1-5H3. The third-order valence-electron chi connectivity index (χ3n) is 4.12. The third-order valence-corrected chi connectivity index (χ3v) is 4.12. The van der Waals surface area contributed by atoms with Crippen molar-refractivity contribution in [1.82, 2.24) is 0 Å². The first kappa shape index (κ1) is 11.2. The highest BCUT2D eigenvalue weighted by Crippen LogP contribution is 2.40. The highest BCUT2D eigenvalue weighted by atomic mass is 16.7. The van der Waals surface area contributed by atoms with Gasteiger partial charge in [0.2, 0.25) is 0 Å². The fraction of sp³-hybridized carbons (Fsp3) is 0.833. The average molecular weight is 208 g/mol. The fourth-order valence-electron chi connectivity index (χ4n) is 1.93. The average Bonchev–Trinajstić information content (AvgIpc) is 2.17. The Hall–Kier alpha value is -0.275. The molecular weight excluding hydrogens is 187 g/mol. The van der Waals surface area contributed by atoms with Crippen LogP contribution in [0.4, 0.5) is 0 Å². The summed E-state index contributed by atoms with van der Waals surface area (Å²) in [6.45, 7) is 10.6. The Morgan fingerprint density at radius 1 is 1.07 bits per heavy atom. The molecule has 0 atom stereocenters. The Morgan fingerprint density at radius 2 is 1.53 bits per heavy atom. The van der Waals surface area contributed by atoms with E-state index in [1.165, 1.54) is 30.3 Å². The molecule has 0 radical (unpaired) electrons. The van der Waals surface area contributed by atoms with E-state index in [9.17, 15) is 0 Å². The Kier molecular flexibility index (Phi) is 2.51. The minimum absolute atomic E-state index is 0.120. The molecule has 1 saturated carbocycles. The molecule has 84 valence electrons. The van der Waals surface area contributed by atoms with Gasteiger partial charge in [-0.05, 0) is 59.4 Å². The summed E-state index contributed by atoms with van der Waals surface area (Å²) >= 11 is 0. The lowest BCUT2D eigenvalue weighted by Crippen LogP contribution is -2.41. The quantitative estimate of drug-likeness (QED) is 0.616. The second-order valence-electron chi connectivity index (χ2n) is 5.73. The lowest BCUT2D eigenvalue weighted by Gasteiger charge is -2.32. The molecule has 1 aliphatic heterocycles. The summed E-state index contributed by atoms with van der Waals surface area (Å²) in [5.74, 6) is 0. The summed E-state index contributed by atoms with van der Waals surface area (Å²) < 4.78 is 12.0. The lowest BCUT2D eigenvalue weighted by molar-refractivity contribution is 0.00578. The van der Waals surface area contributed by atoms with Crippen molar-refractivity contribution in [3.8, 4) is 0 Å². The van der Waals surface area contributed by atoms with Crippen LogP contribution in [-0.4, -0.2) is 18.3 Å². The molecule has 0 aromatic carbocycles. The van der Waals surface area contributed by atoms with Crippen LogP contribution in [0.15, 0.2) is 11.0 Å². The van der Waals surface area contributed by atoms with Crippen LogP contribution in [0.2, 0.25) is 0 Å². The van der Waals surface area contributed by atoms with Gasteiger partial charge in [-0.25, -0.2) is 0 Å². The first-order chi connectivity index (χ1) is 6.83. The molecule has 2 nitrogen and oxygen atoms in total. The van der Waals surface area contributed by atoms with E-state index in [0.717, 1.165) is 0 Å². The molecule has 1 aliphatic carbocycles. The summed E-state index contributed by atoms with van der Waals surface area (Å²) in [6, 6.07) is 0. The number of hydrogen-bond donors (Lipinski definition) is 0. The van der Waals surface area contributed by atoms with Gasteiger partial charge in [0.25, 0.3) is 0 Å². The largest absolute Gasteiger partial charge is 0.490 e. The SMILES string of the molecule is CC(B1OC(C)(C)C(C)(C)O1)=C1CCC1. The van der Waals surface area contributed by atoms with E-state index in [1.54, 1.807) is 0 Å². The van der Waals surface area contributed by atoms with Crippen LogP contribution < -0.4 is 0 Å². The first-order valence-electron chi connectivity index (χ1n) is 5.88. The smallest absolute Gasteiger partial charge is 0.400 e. The molecule has 2 aliphatic rings. The summed E-state index contributed by atoms with van der Waals surface area (Å²) in [5, 5.41) is 0. The Bertz CT molecular complexity index is 283. The topological polar surface area (TPSA) is 18.5 Å². The molecule has 2 rings (SSSR count). The van der Waals surface area contributed by atoms with E-state index in [0.29, 0.717) is 0 Å². The summed E-state index contributed by atoms with van der Waals surface area (Å²) in [7, 11) is -0.120. The van der Waals surface area contributed by atoms with Gasteiger partial charge in [0.05, 0.1) is 11.2 Å². The van der Waals surface area contributed by atoms with E-state index in [1.807, 2.05) is 0 Å². The second kappa shape index (κ2) is 3.36. The number of allylic oxidation sites excluding steroid dienone is 2. The Morgan fingerprint density at radius 3 is 1.87 bits per heavy atom. The normalized spacial score (nSPS) is 27.8. The third kappa shape index (κ3) is 1.76. The minimum atomic E-state index is -0.205. The predicted molar refractivity (Wildman–Crippen MR) is 62.6 cm³/mol. The molecule has 0 spiro atoms. The monoisotopic (exact) mass is 208 g/mol. The zero-order chi connectivity index (χ0) is 11.3. The molecule has 0 unspecified atom stereocenters. The summed E-state index contributed by atoms with van der Waals surface area (Å²) in [6.07, 6.45) is 3.79. The van der Waals surface area contributed by atoms with Crippen LogP contribution in [0.5, 0.6) is 0 Å². The fourth-order valence-corrected chi connectivity index (χ4v) is 1.93. The van der Waals surface area contributed by atoms with Gasteiger partial charge in [0.15, 0.2) is 0 Å². The first-order valence-corrected chi connectivity index (χ1v) is 5.88. The van der Waals surface area contributed by atoms with Gasteiger partial charge in [-0.2, -0.15) is 0 Å². The van der Waals surface area contributed by atoms with E-state index in [4.69, 9.17) is 9.31 Å². The van der Waals surface area contributed by atoms with Crippen molar-refractivity contribution in [2.24, 2.45) is 0 Å². The number of rotatable bonds is 1. The molecule has 0 aromatic heterocycles. The Balaban J connectivity index is 2.16. The van der Waals surface area contributed by atoms with E-state index in [2.05, 4.69) is 34.6 Å². The molecule has 0 bridgehead atoms. The second-order valence-corrected chi connectivity index (χ2v) is 5.73. The van der Waals surface area contributed by atoms with E-state index < -0.39 is 0 Å². The van der Waals surface area contributed by atoms with Crippen LogP contribution in [-0.2, 0) is 9.31 Å². The predicted octanol–water partition coefficient (Wildman–Crippen LogP) is 3.12. The maximum atomic E-state index is 6.00. The summed E-state index contributed by atoms with van der Waals surface area (Å²) in [5.41, 5.74) is 2.43. The van der Waals surface area contributed by atoms with E-state index >= 15 is 0 Å². The molecule has 0 N–H and O–H groups in total. The Labute approximate surface area is 93.2 Å². The molecule has 1 heterocycles. The van der Waals surface area contributed by atoms with E-state index in [-0.39, 0.29) is 18.3 Å². The highest BCUT2D eigenvalue weighted by molar-refractivity contribution is 6.54. The van der Waals surface area contributed by atoms with Gasteiger partial charge >= 0.3 is 7.12 Å². The maximum Gasteiger partial charge on any atom is 0.490 e. The lowest BCUT2D eigenvalue weighted by atomic mass is 9.71. The van der Waals surface area contributed by atoms with Crippen molar-refractivity contribution in [2.45, 2.75) is 65.1 Å². The maximum absolute atomic E-state index is 6.00. The van der Waals surface area contributed by atoms with Gasteiger partial charge in [-0.3, -0.25) is 0 Å². The molecular formula is C12H21BO2. The zero-order valence-corrected chi connectivity index (χ0v) is 10.5. The van der Waals surface area contributed by atoms with Crippen molar-refractivity contribution >= 4 is 7.12 Å². The zero-order valence-electron chi connectivity index (χ0n) is 10.5. The minimum Gasteiger partial charge on any atom is -0.400 e. The van der Waals surface area contributed by atoms with Crippen molar-refractivity contribution in [1.29, 1.82) is 0 Å².